The van der Waals surface area contributed by atoms with Crippen LogP contribution in [0.15, 0.2) is 42.6 Å². The van der Waals surface area contributed by atoms with Crippen LogP contribution in [0.5, 0.6) is 11.5 Å². The molecular formula is C19H22ClN3O4S. The van der Waals surface area contributed by atoms with Crippen LogP contribution in [0.3, 0.4) is 0 Å². The van der Waals surface area contributed by atoms with E-state index >= 15 is 0 Å². The van der Waals surface area contributed by atoms with E-state index in [2.05, 4.69) is 10.3 Å². The molecule has 1 aliphatic heterocycles. The molecule has 1 unspecified atom stereocenters. The molecule has 3 rings (SSSR count). The van der Waals surface area contributed by atoms with E-state index in [0.29, 0.717) is 35.3 Å². The van der Waals surface area contributed by atoms with Crippen LogP contribution in [-0.4, -0.2) is 42.0 Å². The van der Waals surface area contributed by atoms with Gasteiger partial charge in [0.15, 0.2) is 0 Å². The van der Waals surface area contributed by atoms with Gasteiger partial charge in [-0.05, 0) is 48.7 Å². The molecular weight excluding hydrogens is 402 g/mol. The summed E-state index contributed by atoms with van der Waals surface area (Å²) in [6.45, 7) is 4.02. The van der Waals surface area contributed by atoms with Gasteiger partial charge < -0.3 is 10.1 Å². The lowest BCUT2D eigenvalue weighted by Crippen LogP contribution is -2.48. The highest BCUT2D eigenvalue weighted by Crippen LogP contribution is 2.25. The van der Waals surface area contributed by atoms with Gasteiger partial charge in [0.1, 0.15) is 23.4 Å². The quantitative estimate of drug-likeness (QED) is 0.767. The largest absolute Gasteiger partial charge is 0.456 e. The number of anilines is 1. The van der Waals surface area contributed by atoms with Crippen LogP contribution >= 0.6 is 11.6 Å². The van der Waals surface area contributed by atoms with E-state index < -0.39 is 16.1 Å². The molecule has 1 fully saturated rings. The van der Waals surface area contributed by atoms with Crippen LogP contribution in [0.4, 0.5) is 5.82 Å². The van der Waals surface area contributed by atoms with Gasteiger partial charge in [-0.1, -0.05) is 25.4 Å². The van der Waals surface area contributed by atoms with Gasteiger partial charge in [-0.15, -0.1) is 0 Å². The van der Waals surface area contributed by atoms with Gasteiger partial charge in [0.05, 0.1) is 11.9 Å². The van der Waals surface area contributed by atoms with Crippen molar-refractivity contribution >= 4 is 33.3 Å². The van der Waals surface area contributed by atoms with Gasteiger partial charge in [-0.2, -0.15) is 4.31 Å². The van der Waals surface area contributed by atoms with E-state index in [9.17, 15) is 13.2 Å². The third-order valence-electron chi connectivity index (χ3n) is 4.39. The normalized spacial score (nSPS) is 17.4. The number of halogens is 1. The standard InChI is InChI=1S/C19H22ClN3O4S/c1-13(2)18(23-10-3-11-28(23,25)26)19(24)22-17-9-8-16(12-21-17)27-15-6-4-14(20)5-7-15/h4-9,12-13,18H,3,10-11H2,1-2H3,(H,21,22,24). The minimum Gasteiger partial charge on any atom is -0.456 e. The summed E-state index contributed by atoms with van der Waals surface area (Å²) in [5.41, 5.74) is 0. The second-order valence-corrected chi connectivity index (χ2v) is 9.37. The van der Waals surface area contributed by atoms with Crippen LogP contribution in [0.2, 0.25) is 5.02 Å². The summed E-state index contributed by atoms with van der Waals surface area (Å²) in [7, 11) is -3.39. The topological polar surface area (TPSA) is 88.6 Å². The molecule has 7 nitrogen and oxygen atoms in total. The van der Waals surface area contributed by atoms with Crippen molar-refractivity contribution in [2.24, 2.45) is 5.92 Å². The average Bonchev–Trinajstić information content (AvgIpc) is 2.97. The Morgan fingerprint density at radius 1 is 1.18 bits per heavy atom. The number of amides is 1. The molecule has 0 saturated carbocycles. The lowest BCUT2D eigenvalue weighted by atomic mass is 10.0. The molecule has 9 heteroatoms. The fourth-order valence-corrected chi connectivity index (χ4v) is 5.04. The minimum absolute atomic E-state index is 0.0818. The molecule has 1 saturated heterocycles. The molecule has 0 radical (unpaired) electrons. The molecule has 1 amide bonds. The molecule has 28 heavy (non-hydrogen) atoms. The van der Waals surface area contributed by atoms with Crippen molar-refractivity contribution < 1.29 is 17.9 Å². The number of carbonyl (C=O) groups excluding carboxylic acids is 1. The Bertz CT molecular complexity index is 931. The third kappa shape index (κ3) is 4.81. The third-order valence-corrected chi connectivity index (χ3v) is 6.57. The lowest BCUT2D eigenvalue weighted by Gasteiger charge is -2.28. The summed E-state index contributed by atoms with van der Waals surface area (Å²) in [6, 6.07) is 9.44. The SMILES string of the molecule is CC(C)C(C(=O)Nc1ccc(Oc2ccc(Cl)cc2)cn1)N1CCCS1(=O)=O. The molecule has 2 aromatic rings. The Hall–Kier alpha value is -2.16. The van der Waals surface area contributed by atoms with Crippen molar-refractivity contribution in [3.63, 3.8) is 0 Å². The van der Waals surface area contributed by atoms with Gasteiger partial charge >= 0.3 is 0 Å². The molecule has 2 heterocycles. The fourth-order valence-electron chi connectivity index (χ4n) is 3.09. The molecule has 1 aliphatic rings. The maximum absolute atomic E-state index is 12.7. The van der Waals surface area contributed by atoms with Crippen molar-refractivity contribution in [1.29, 1.82) is 0 Å². The van der Waals surface area contributed by atoms with Crippen LogP contribution in [0.1, 0.15) is 20.3 Å². The first-order valence-corrected chi connectivity index (χ1v) is 10.9. The molecule has 1 aromatic heterocycles. The van der Waals surface area contributed by atoms with E-state index in [0.717, 1.165) is 0 Å². The van der Waals surface area contributed by atoms with Gasteiger partial charge in [0.2, 0.25) is 15.9 Å². The van der Waals surface area contributed by atoms with Crippen LogP contribution < -0.4 is 10.1 Å². The molecule has 1 aromatic carbocycles. The number of pyridine rings is 1. The monoisotopic (exact) mass is 423 g/mol. The van der Waals surface area contributed by atoms with E-state index in [1.165, 1.54) is 10.5 Å². The second kappa shape index (κ2) is 8.46. The first-order chi connectivity index (χ1) is 13.3. The zero-order chi connectivity index (χ0) is 20.3. The van der Waals surface area contributed by atoms with E-state index in [4.69, 9.17) is 16.3 Å². The van der Waals surface area contributed by atoms with Gasteiger partial charge in [-0.25, -0.2) is 13.4 Å². The highest BCUT2D eigenvalue weighted by atomic mass is 35.5. The van der Waals surface area contributed by atoms with E-state index in [1.807, 2.05) is 13.8 Å². The molecule has 1 atom stereocenters. The highest BCUT2D eigenvalue weighted by molar-refractivity contribution is 7.89. The number of nitrogens with zero attached hydrogens (tertiary/aromatic N) is 2. The van der Waals surface area contributed by atoms with Crippen molar-refractivity contribution in [2.45, 2.75) is 26.3 Å². The first-order valence-electron chi connectivity index (χ1n) is 8.96. The average molecular weight is 424 g/mol. The number of hydrogen-bond acceptors (Lipinski definition) is 5. The number of rotatable bonds is 6. The van der Waals surface area contributed by atoms with Crippen molar-refractivity contribution in [3.05, 3.63) is 47.6 Å². The molecule has 1 N–H and O–H groups in total. The zero-order valence-corrected chi connectivity index (χ0v) is 17.2. The van der Waals surface area contributed by atoms with E-state index in [-0.39, 0.29) is 17.6 Å². The van der Waals surface area contributed by atoms with Crippen LogP contribution in [0, 0.1) is 5.92 Å². The molecule has 150 valence electrons. The fraction of sp³-hybridized carbons (Fsp3) is 0.368. The Balaban J connectivity index is 1.68. The van der Waals surface area contributed by atoms with Crippen molar-refractivity contribution in [1.82, 2.24) is 9.29 Å². The van der Waals surface area contributed by atoms with Crippen molar-refractivity contribution in [3.8, 4) is 11.5 Å². The van der Waals surface area contributed by atoms with E-state index in [1.54, 1.807) is 36.4 Å². The number of nitrogens with one attached hydrogen (secondary N) is 1. The number of sulfonamides is 1. The summed E-state index contributed by atoms with van der Waals surface area (Å²) < 4.78 is 31.4. The Labute approximate surface area is 169 Å². The zero-order valence-electron chi connectivity index (χ0n) is 15.6. The Morgan fingerprint density at radius 3 is 2.39 bits per heavy atom. The van der Waals surface area contributed by atoms with Crippen LogP contribution in [0.25, 0.3) is 0 Å². The maximum atomic E-state index is 12.7. The molecule has 0 bridgehead atoms. The summed E-state index contributed by atoms with van der Waals surface area (Å²) in [5.74, 6) is 0.971. The minimum atomic E-state index is -3.39. The number of aromatic nitrogens is 1. The summed E-state index contributed by atoms with van der Waals surface area (Å²) in [4.78, 5) is 16.9. The van der Waals surface area contributed by atoms with Gasteiger partial charge in [0.25, 0.3) is 0 Å². The maximum Gasteiger partial charge on any atom is 0.244 e. The Morgan fingerprint density at radius 2 is 1.86 bits per heavy atom. The summed E-state index contributed by atoms with van der Waals surface area (Å²) in [6.07, 6.45) is 2.02. The smallest absolute Gasteiger partial charge is 0.244 e. The lowest BCUT2D eigenvalue weighted by molar-refractivity contribution is -0.120. The number of carbonyl (C=O) groups is 1. The summed E-state index contributed by atoms with van der Waals surface area (Å²) in [5, 5.41) is 3.32. The summed E-state index contributed by atoms with van der Waals surface area (Å²) >= 11 is 5.85. The molecule has 0 spiro atoms. The van der Waals surface area contributed by atoms with Crippen LogP contribution in [-0.2, 0) is 14.8 Å². The number of benzene rings is 1. The number of hydrogen-bond donors (Lipinski definition) is 1. The Kier molecular flexibility index (Phi) is 6.22. The second-order valence-electron chi connectivity index (χ2n) is 6.89. The predicted molar refractivity (Wildman–Crippen MR) is 108 cm³/mol. The first kappa shape index (κ1) is 20.6. The number of ether oxygens (including phenoxy) is 1. The molecule has 0 aliphatic carbocycles. The van der Waals surface area contributed by atoms with Gasteiger partial charge in [0, 0.05) is 11.6 Å². The predicted octanol–water partition coefficient (Wildman–Crippen LogP) is 3.53. The highest BCUT2D eigenvalue weighted by Gasteiger charge is 2.40. The van der Waals surface area contributed by atoms with Crippen molar-refractivity contribution in [2.75, 3.05) is 17.6 Å². The van der Waals surface area contributed by atoms with Gasteiger partial charge in [-0.3, -0.25) is 4.79 Å².